The van der Waals surface area contributed by atoms with Crippen molar-refractivity contribution < 1.29 is 14.6 Å². The van der Waals surface area contributed by atoms with Crippen LogP contribution in [0.2, 0.25) is 0 Å². The number of rotatable bonds is 4. The zero-order chi connectivity index (χ0) is 19.1. The molecule has 8 heteroatoms. The fraction of sp³-hybridized carbons (Fsp3) is 0.526. The number of aliphatic hydroxyl groups is 1. The molecule has 2 saturated heterocycles. The van der Waals surface area contributed by atoms with E-state index >= 15 is 0 Å². The lowest BCUT2D eigenvalue weighted by atomic mass is 10.1. The second-order valence-electron chi connectivity index (χ2n) is 7.36. The van der Waals surface area contributed by atoms with Crippen molar-refractivity contribution in [3.05, 3.63) is 39.8 Å². The van der Waals surface area contributed by atoms with Gasteiger partial charge in [-0.2, -0.15) is 5.10 Å². The third-order valence-electron chi connectivity index (χ3n) is 5.52. The number of ether oxygens (including phenoxy) is 1. The van der Waals surface area contributed by atoms with Crippen LogP contribution in [0.25, 0.3) is 10.8 Å². The number of fused-ring (bicyclic) bond motifs is 3. The molecule has 2 aliphatic heterocycles. The van der Waals surface area contributed by atoms with Crippen molar-refractivity contribution in [3.8, 4) is 0 Å². The van der Waals surface area contributed by atoms with Crippen LogP contribution in [0.1, 0.15) is 28.9 Å². The Labute approximate surface area is 156 Å². The normalized spacial score (nSPS) is 23.0. The number of amides is 1. The lowest BCUT2D eigenvalue weighted by molar-refractivity contribution is -0.00714. The molecule has 0 aliphatic carbocycles. The van der Waals surface area contributed by atoms with Gasteiger partial charge in [-0.25, -0.2) is 4.68 Å². The van der Waals surface area contributed by atoms with Gasteiger partial charge >= 0.3 is 0 Å². The van der Waals surface area contributed by atoms with Gasteiger partial charge in [0.25, 0.3) is 11.5 Å². The molecule has 2 aliphatic rings. The summed E-state index contributed by atoms with van der Waals surface area (Å²) in [5.41, 5.74) is 6.32. The summed E-state index contributed by atoms with van der Waals surface area (Å²) < 4.78 is 6.79. The molecule has 2 fully saturated rings. The molecule has 144 valence electrons. The van der Waals surface area contributed by atoms with Crippen LogP contribution in [0.3, 0.4) is 0 Å². The van der Waals surface area contributed by atoms with E-state index in [1.165, 1.54) is 4.68 Å². The van der Waals surface area contributed by atoms with Crippen LogP contribution in [-0.4, -0.2) is 63.6 Å². The highest BCUT2D eigenvalue weighted by atomic mass is 16.5. The second kappa shape index (κ2) is 7.03. The van der Waals surface area contributed by atoms with Crippen molar-refractivity contribution in [2.75, 3.05) is 19.8 Å². The molecule has 0 radical (unpaired) electrons. The van der Waals surface area contributed by atoms with Crippen LogP contribution in [-0.2, 0) is 11.3 Å². The molecule has 27 heavy (non-hydrogen) atoms. The van der Waals surface area contributed by atoms with E-state index < -0.39 is 6.10 Å². The smallest absolute Gasteiger partial charge is 0.274 e. The predicted molar refractivity (Wildman–Crippen MR) is 99.6 cm³/mol. The Morgan fingerprint density at radius 3 is 2.70 bits per heavy atom. The maximum atomic E-state index is 13.1. The predicted octanol–water partition coefficient (Wildman–Crippen LogP) is 0.0279. The van der Waals surface area contributed by atoms with Gasteiger partial charge in [0, 0.05) is 17.5 Å². The molecule has 3 N–H and O–H groups in total. The first kappa shape index (κ1) is 18.1. The average molecular weight is 372 g/mol. The standard InChI is InChI=1S/C19H24N4O4/c1-11-17-6-12(18(25)23-13-3-4-14(23)10-27-9-13)2-5-16(17)19(26)22(21-11)8-15(24)7-20/h2,5-6,13-15,24H,3-4,7-10,20H2,1H3. The molecule has 2 aromatic rings. The Kier molecular flexibility index (Phi) is 4.71. The Bertz CT molecular complexity index is 925. The number of carbonyl (C=O) groups is 1. The van der Waals surface area contributed by atoms with Gasteiger partial charge in [-0.15, -0.1) is 0 Å². The maximum absolute atomic E-state index is 13.1. The summed E-state index contributed by atoms with van der Waals surface area (Å²) in [6, 6.07) is 5.39. The Morgan fingerprint density at radius 1 is 1.33 bits per heavy atom. The van der Waals surface area contributed by atoms with Gasteiger partial charge < -0.3 is 20.5 Å². The molecule has 0 saturated carbocycles. The molecule has 3 unspecified atom stereocenters. The van der Waals surface area contributed by atoms with Crippen molar-refractivity contribution >= 4 is 16.7 Å². The number of nitrogens with zero attached hydrogens (tertiary/aromatic N) is 3. The maximum Gasteiger partial charge on any atom is 0.274 e. The zero-order valence-corrected chi connectivity index (χ0v) is 15.3. The van der Waals surface area contributed by atoms with E-state index in [1.54, 1.807) is 25.1 Å². The highest BCUT2D eigenvalue weighted by Gasteiger charge is 2.40. The molecule has 1 aromatic heterocycles. The molecular formula is C19H24N4O4. The van der Waals surface area contributed by atoms with E-state index in [2.05, 4.69) is 5.10 Å². The van der Waals surface area contributed by atoms with E-state index in [4.69, 9.17) is 10.5 Å². The number of hydrogen-bond acceptors (Lipinski definition) is 6. The molecule has 0 spiro atoms. The highest BCUT2D eigenvalue weighted by Crippen LogP contribution is 2.30. The van der Waals surface area contributed by atoms with Crippen LogP contribution in [0.5, 0.6) is 0 Å². The summed E-state index contributed by atoms with van der Waals surface area (Å²) >= 11 is 0. The lowest BCUT2D eigenvalue weighted by Gasteiger charge is -2.34. The van der Waals surface area contributed by atoms with Gasteiger partial charge in [0.05, 0.1) is 49.0 Å². The number of benzene rings is 1. The number of aliphatic hydroxyl groups excluding tert-OH is 1. The second-order valence-corrected chi connectivity index (χ2v) is 7.36. The summed E-state index contributed by atoms with van der Waals surface area (Å²) in [6.07, 6.45) is 1.11. The van der Waals surface area contributed by atoms with E-state index in [-0.39, 0.29) is 36.6 Å². The van der Waals surface area contributed by atoms with E-state index in [0.29, 0.717) is 35.2 Å². The van der Waals surface area contributed by atoms with Crippen molar-refractivity contribution in [2.24, 2.45) is 5.73 Å². The van der Waals surface area contributed by atoms with Gasteiger partial charge in [0.15, 0.2) is 0 Å². The minimum absolute atomic E-state index is 0.0187. The molecule has 4 rings (SSSR count). The molecule has 2 bridgehead atoms. The SMILES string of the molecule is Cc1nn(CC(O)CN)c(=O)c2ccc(C(=O)N3C4CCC3COC4)cc12. The van der Waals surface area contributed by atoms with Crippen LogP contribution >= 0.6 is 0 Å². The fourth-order valence-corrected chi connectivity index (χ4v) is 4.09. The van der Waals surface area contributed by atoms with Crippen molar-refractivity contribution in [1.82, 2.24) is 14.7 Å². The molecule has 8 nitrogen and oxygen atoms in total. The number of morpholine rings is 1. The first-order chi connectivity index (χ1) is 13.0. The van der Waals surface area contributed by atoms with Gasteiger partial charge in [-0.05, 0) is 38.0 Å². The third-order valence-corrected chi connectivity index (χ3v) is 5.52. The Morgan fingerprint density at radius 2 is 2.04 bits per heavy atom. The van der Waals surface area contributed by atoms with Gasteiger partial charge in [-0.3, -0.25) is 9.59 Å². The molecular weight excluding hydrogens is 348 g/mol. The Hall–Kier alpha value is -2.29. The topological polar surface area (TPSA) is 111 Å². The summed E-state index contributed by atoms with van der Waals surface area (Å²) in [5, 5.41) is 15.2. The highest BCUT2D eigenvalue weighted by molar-refractivity contribution is 5.99. The minimum Gasteiger partial charge on any atom is -0.390 e. The summed E-state index contributed by atoms with van der Waals surface area (Å²) in [6.45, 7) is 3.07. The lowest BCUT2D eigenvalue weighted by Crippen LogP contribution is -2.49. The third kappa shape index (κ3) is 3.13. The first-order valence-corrected chi connectivity index (χ1v) is 9.29. The van der Waals surface area contributed by atoms with Crippen LogP contribution in [0, 0.1) is 6.92 Å². The van der Waals surface area contributed by atoms with Crippen LogP contribution in [0.15, 0.2) is 23.0 Å². The van der Waals surface area contributed by atoms with E-state index in [0.717, 1.165) is 12.8 Å². The van der Waals surface area contributed by atoms with Crippen LogP contribution < -0.4 is 11.3 Å². The van der Waals surface area contributed by atoms with Gasteiger partial charge in [-0.1, -0.05) is 0 Å². The van der Waals surface area contributed by atoms with Gasteiger partial charge in [0.2, 0.25) is 0 Å². The quantitative estimate of drug-likeness (QED) is 0.783. The number of nitrogens with two attached hydrogens (primary N) is 1. The van der Waals surface area contributed by atoms with Crippen molar-refractivity contribution in [1.29, 1.82) is 0 Å². The largest absolute Gasteiger partial charge is 0.390 e. The van der Waals surface area contributed by atoms with E-state index in [9.17, 15) is 14.7 Å². The fourth-order valence-electron chi connectivity index (χ4n) is 4.09. The number of carbonyl (C=O) groups excluding carboxylic acids is 1. The summed E-state index contributed by atoms with van der Waals surface area (Å²) in [7, 11) is 0. The van der Waals surface area contributed by atoms with Crippen molar-refractivity contribution in [3.63, 3.8) is 0 Å². The molecule has 3 atom stereocenters. The average Bonchev–Trinajstić information content (AvgIpc) is 2.93. The van der Waals surface area contributed by atoms with Crippen LogP contribution in [0.4, 0.5) is 0 Å². The summed E-state index contributed by atoms with van der Waals surface area (Å²) in [4.78, 5) is 27.7. The number of aryl methyl sites for hydroxylation is 1. The zero-order valence-electron chi connectivity index (χ0n) is 15.3. The first-order valence-electron chi connectivity index (χ1n) is 9.29. The minimum atomic E-state index is -0.829. The monoisotopic (exact) mass is 372 g/mol. The number of aromatic nitrogens is 2. The number of hydrogen-bond donors (Lipinski definition) is 2. The summed E-state index contributed by atoms with van der Waals surface area (Å²) in [5.74, 6) is -0.0187. The molecule has 3 heterocycles. The Balaban J connectivity index is 1.70. The van der Waals surface area contributed by atoms with Crippen molar-refractivity contribution in [2.45, 2.75) is 44.5 Å². The molecule has 1 amide bonds. The van der Waals surface area contributed by atoms with E-state index in [1.807, 2.05) is 4.90 Å². The molecule has 1 aromatic carbocycles. The van der Waals surface area contributed by atoms with Gasteiger partial charge in [0.1, 0.15) is 0 Å².